The number of carbonyl (C=O) groups excluding carboxylic acids is 2. The van der Waals surface area contributed by atoms with Gasteiger partial charge in [-0.1, -0.05) is 32.9 Å². The third-order valence-electron chi connectivity index (χ3n) is 5.00. The third-order valence-corrected chi connectivity index (χ3v) is 5.00. The number of ether oxygens (including phenoxy) is 1. The summed E-state index contributed by atoms with van der Waals surface area (Å²) >= 11 is 0. The number of nitrogens with zero attached hydrogens (tertiary/aromatic N) is 1. The maximum absolute atomic E-state index is 12.5. The Morgan fingerprint density at radius 2 is 1.52 bits per heavy atom. The predicted octanol–water partition coefficient (Wildman–Crippen LogP) is 4.71. The van der Waals surface area contributed by atoms with E-state index in [1.54, 1.807) is 48.5 Å². The first-order valence-corrected chi connectivity index (χ1v) is 10.4. The topological polar surface area (TPSA) is 100 Å². The predicted molar refractivity (Wildman–Crippen MR) is 129 cm³/mol. The van der Waals surface area contributed by atoms with Gasteiger partial charge < -0.3 is 15.2 Å². The first-order valence-electron chi connectivity index (χ1n) is 10.4. The van der Waals surface area contributed by atoms with Crippen molar-refractivity contribution in [3.63, 3.8) is 0 Å². The molecule has 3 aromatic rings. The van der Waals surface area contributed by atoms with Crippen molar-refractivity contribution in [2.45, 2.75) is 26.2 Å². The Morgan fingerprint density at radius 3 is 2.12 bits per heavy atom. The minimum Gasteiger partial charge on any atom is -0.504 e. The van der Waals surface area contributed by atoms with Gasteiger partial charge in [-0.15, -0.1) is 0 Å². The zero-order chi connectivity index (χ0) is 24.0. The zero-order valence-electron chi connectivity index (χ0n) is 19.0. The summed E-state index contributed by atoms with van der Waals surface area (Å²) in [5.41, 5.74) is 5.80. The summed E-state index contributed by atoms with van der Waals surface area (Å²) in [5, 5.41) is 16.4. The second-order valence-electron chi connectivity index (χ2n) is 8.49. The van der Waals surface area contributed by atoms with E-state index < -0.39 is 5.91 Å². The average molecular weight is 446 g/mol. The van der Waals surface area contributed by atoms with Crippen LogP contribution in [-0.2, 0) is 5.41 Å². The number of nitrogens with one attached hydrogen (secondary N) is 2. The fourth-order valence-electron chi connectivity index (χ4n) is 3.03. The van der Waals surface area contributed by atoms with Gasteiger partial charge >= 0.3 is 0 Å². The van der Waals surface area contributed by atoms with E-state index in [0.717, 1.165) is 5.56 Å². The molecule has 33 heavy (non-hydrogen) atoms. The molecule has 0 atom stereocenters. The SMILES string of the molecule is COc1cc(C=NNC(=O)c2ccc(NC(=O)c3ccc(C(C)(C)C)cc3)cc2)ccc1O. The minimum atomic E-state index is -0.396. The number of amides is 2. The Kier molecular flexibility index (Phi) is 7.13. The highest BCUT2D eigenvalue weighted by Crippen LogP contribution is 2.25. The van der Waals surface area contributed by atoms with Gasteiger partial charge in [0.25, 0.3) is 11.8 Å². The number of methoxy groups -OCH3 is 1. The molecule has 3 N–H and O–H groups in total. The van der Waals surface area contributed by atoms with Crippen LogP contribution in [-0.4, -0.2) is 30.2 Å². The normalized spacial score (nSPS) is 11.3. The zero-order valence-corrected chi connectivity index (χ0v) is 19.0. The van der Waals surface area contributed by atoms with Crippen molar-refractivity contribution in [2.75, 3.05) is 12.4 Å². The summed E-state index contributed by atoms with van der Waals surface area (Å²) in [7, 11) is 1.45. The quantitative estimate of drug-likeness (QED) is 0.378. The van der Waals surface area contributed by atoms with Gasteiger partial charge in [0, 0.05) is 16.8 Å². The molecule has 0 spiro atoms. The van der Waals surface area contributed by atoms with Crippen LogP contribution in [0.15, 0.2) is 71.8 Å². The minimum absolute atomic E-state index is 0.0202. The number of benzene rings is 3. The summed E-state index contributed by atoms with van der Waals surface area (Å²) in [6.45, 7) is 6.36. The number of aromatic hydroxyl groups is 1. The first-order chi connectivity index (χ1) is 15.7. The summed E-state index contributed by atoms with van der Waals surface area (Å²) < 4.78 is 5.04. The molecule has 3 rings (SSSR count). The van der Waals surface area contributed by atoms with E-state index in [1.165, 1.54) is 19.4 Å². The summed E-state index contributed by atoms with van der Waals surface area (Å²) in [6.07, 6.45) is 1.44. The van der Waals surface area contributed by atoms with E-state index in [4.69, 9.17) is 4.74 Å². The number of carbonyl (C=O) groups is 2. The van der Waals surface area contributed by atoms with Gasteiger partial charge in [0.1, 0.15) is 0 Å². The smallest absolute Gasteiger partial charge is 0.271 e. The molecule has 3 aromatic carbocycles. The van der Waals surface area contributed by atoms with Crippen LogP contribution >= 0.6 is 0 Å². The van der Waals surface area contributed by atoms with Gasteiger partial charge in [-0.2, -0.15) is 5.10 Å². The van der Waals surface area contributed by atoms with Crippen LogP contribution in [0.3, 0.4) is 0 Å². The lowest BCUT2D eigenvalue weighted by molar-refractivity contribution is 0.0954. The lowest BCUT2D eigenvalue weighted by Gasteiger charge is -2.19. The second kappa shape index (κ2) is 9.99. The molecule has 2 amide bonds. The van der Waals surface area contributed by atoms with Crippen molar-refractivity contribution in [3.05, 3.63) is 89.0 Å². The van der Waals surface area contributed by atoms with Crippen molar-refractivity contribution in [1.29, 1.82) is 0 Å². The van der Waals surface area contributed by atoms with Gasteiger partial charge in [0.05, 0.1) is 13.3 Å². The highest BCUT2D eigenvalue weighted by atomic mass is 16.5. The Hall–Kier alpha value is -4.13. The first kappa shape index (κ1) is 23.5. The van der Waals surface area contributed by atoms with Crippen LogP contribution in [0.25, 0.3) is 0 Å². The summed E-state index contributed by atoms with van der Waals surface area (Å²) in [4.78, 5) is 24.8. The molecular formula is C26H27N3O4. The van der Waals surface area contributed by atoms with Crippen LogP contribution in [0, 0.1) is 0 Å². The van der Waals surface area contributed by atoms with Crippen LogP contribution in [0.4, 0.5) is 5.69 Å². The molecular weight excluding hydrogens is 418 g/mol. The second-order valence-corrected chi connectivity index (χ2v) is 8.49. The Morgan fingerprint density at radius 1 is 0.909 bits per heavy atom. The monoisotopic (exact) mass is 445 g/mol. The molecule has 0 aromatic heterocycles. The molecule has 0 saturated carbocycles. The molecule has 7 nitrogen and oxygen atoms in total. The lowest BCUT2D eigenvalue weighted by atomic mass is 9.87. The Bertz CT molecular complexity index is 1160. The molecule has 0 aliphatic rings. The summed E-state index contributed by atoms with van der Waals surface area (Å²) in [5.74, 6) is -0.282. The molecule has 0 fully saturated rings. The van der Waals surface area contributed by atoms with E-state index >= 15 is 0 Å². The third kappa shape index (κ3) is 6.20. The van der Waals surface area contributed by atoms with Crippen molar-refractivity contribution in [3.8, 4) is 11.5 Å². The number of phenols is 1. The number of hydrogen-bond donors (Lipinski definition) is 3. The molecule has 0 saturated heterocycles. The largest absolute Gasteiger partial charge is 0.504 e. The van der Waals surface area contributed by atoms with Gasteiger partial charge in [-0.3, -0.25) is 9.59 Å². The van der Waals surface area contributed by atoms with Gasteiger partial charge in [0.15, 0.2) is 11.5 Å². The number of hydrogen-bond acceptors (Lipinski definition) is 5. The number of hydrazone groups is 1. The molecule has 170 valence electrons. The summed E-state index contributed by atoms with van der Waals surface area (Å²) in [6, 6.07) is 18.8. The fourth-order valence-corrected chi connectivity index (χ4v) is 3.03. The van der Waals surface area contributed by atoms with Crippen LogP contribution in [0.2, 0.25) is 0 Å². The van der Waals surface area contributed by atoms with Gasteiger partial charge in [-0.05, 0) is 71.1 Å². The van der Waals surface area contributed by atoms with Gasteiger partial charge in [-0.25, -0.2) is 5.43 Å². The van der Waals surface area contributed by atoms with Crippen LogP contribution < -0.4 is 15.5 Å². The Labute approximate surface area is 193 Å². The standard InChI is InChI=1S/C26H27N3O4/c1-26(2,3)20-10-6-18(7-11-20)24(31)28-21-12-8-19(9-13-21)25(32)29-27-16-17-5-14-22(30)23(15-17)33-4/h5-16,30H,1-4H3,(H,28,31)(H,29,32). The van der Waals surface area contributed by atoms with E-state index in [0.29, 0.717) is 28.1 Å². The van der Waals surface area contributed by atoms with Crippen molar-refractivity contribution in [1.82, 2.24) is 5.43 Å². The molecule has 0 radical (unpaired) electrons. The molecule has 0 aliphatic carbocycles. The van der Waals surface area contributed by atoms with E-state index in [1.807, 2.05) is 12.1 Å². The molecule has 0 unspecified atom stereocenters. The fraction of sp³-hybridized carbons (Fsp3) is 0.192. The maximum atomic E-state index is 12.5. The molecule has 0 heterocycles. The number of rotatable bonds is 6. The van der Waals surface area contributed by atoms with Crippen molar-refractivity contribution < 1.29 is 19.4 Å². The number of phenolic OH excluding ortho intramolecular Hbond substituents is 1. The Balaban J connectivity index is 1.58. The maximum Gasteiger partial charge on any atom is 0.271 e. The number of anilines is 1. The molecule has 7 heteroatoms. The molecule has 0 aliphatic heterocycles. The van der Waals surface area contributed by atoms with Gasteiger partial charge in [0.2, 0.25) is 0 Å². The average Bonchev–Trinajstić information content (AvgIpc) is 2.80. The molecule has 0 bridgehead atoms. The highest BCUT2D eigenvalue weighted by Gasteiger charge is 2.14. The van der Waals surface area contributed by atoms with E-state index in [9.17, 15) is 14.7 Å². The van der Waals surface area contributed by atoms with Crippen molar-refractivity contribution in [2.24, 2.45) is 5.10 Å². The van der Waals surface area contributed by atoms with E-state index in [2.05, 4.69) is 36.6 Å². The lowest BCUT2D eigenvalue weighted by Crippen LogP contribution is -2.18. The highest BCUT2D eigenvalue weighted by molar-refractivity contribution is 6.04. The van der Waals surface area contributed by atoms with Crippen molar-refractivity contribution >= 4 is 23.7 Å². The van der Waals surface area contributed by atoms with Crippen LogP contribution in [0.1, 0.15) is 52.6 Å². The van der Waals surface area contributed by atoms with Crippen LogP contribution in [0.5, 0.6) is 11.5 Å². The van der Waals surface area contributed by atoms with E-state index in [-0.39, 0.29) is 17.1 Å².